The third-order valence-electron chi connectivity index (χ3n) is 4.54. The van der Waals surface area contributed by atoms with Gasteiger partial charge in [-0.3, -0.25) is 9.59 Å². The van der Waals surface area contributed by atoms with E-state index in [2.05, 4.69) is 0 Å². The summed E-state index contributed by atoms with van der Waals surface area (Å²) in [6.45, 7) is 5.55. The van der Waals surface area contributed by atoms with Crippen LogP contribution in [0, 0.1) is 5.92 Å². The van der Waals surface area contributed by atoms with Gasteiger partial charge in [-0.05, 0) is 27.2 Å². The lowest BCUT2D eigenvalue weighted by atomic mass is 9.80. The van der Waals surface area contributed by atoms with Crippen LogP contribution < -0.4 is 10.3 Å². The molecule has 0 radical (unpaired) electrons. The summed E-state index contributed by atoms with van der Waals surface area (Å²) >= 11 is 0. The molecule has 156 valence electrons. The standard InChI is InChI=1S/C19H28N2O7/c1-19(2,3)28-18(25)21-7-6-12(14(9-21)17(23)24)13-8-16(22)20(4)10-15(13)27-11-26-5/h8,10,12,14H,6-7,9,11H2,1-5H3,(H,23,24)/t12-,14+/m1/s1. The molecule has 0 spiro atoms. The summed E-state index contributed by atoms with van der Waals surface area (Å²) in [5.74, 6) is -2.02. The van der Waals surface area contributed by atoms with Crippen LogP contribution in [0.2, 0.25) is 0 Å². The molecule has 2 rings (SSSR count). The van der Waals surface area contributed by atoms with Crippen molar-refractivity contribution >= 4 is 12.1 Å². The van der Waals surface area contributed by atoms with Crippen molar-refractivity contribution in [1.29, 1.82) is 0 Å². The van der Waals surface area contributed by atoms with Gasteiger partial charge in [0.25, 0.3) is 5.56 Å². The molecule has 1 saturated heterocycles. The van der Waals surface area contributed by atoms with E-state index in [1.165, 1.54) is 28.8 Å². The molecule has 9 heteroatoms. The maximum absolute atomic E-state index is 12.3. The number of aryl methyl sites for hydroxylation is 1. The quantitative estimate of drug-likeness (QED) is 0.756. The predicted octanol–water partition coefficient (Wildman–Crippen LogP) is 1.79. The van der Waals surface area contributed by atoms with Crippen molar-refractivity contribution in [2.45, 2.75) is 38.7 Å². The van der Waals surface area contributed by atoms with Crippen molar-refractivity contribution in [3.05, 3.63) is 28.2 Å². The van der Waals surface area contributed by atoms with E-state index in [0.717, 1.165) is 0 Å². The van der Waals surface area contributed by atoms with Crippen LogP contribution in [0.5, 0.6) is 5.75 Å². The SMILES string of the molecule is COCOc1cn(C)c(=O)cc1[C@H]1CCN(C(=O)OC(C)(C)C)C[C@@H]1C(=O)O. The number of rotatable bonds is 5. The molecule has 9 nitrogen and oxygen atoms in total. The minimum absolute atomic E-state index is 0.00611. The lowest BCUT2D eigenvalue weighted by Gasteiger charge is -2.37. The van der Waals surface area contributed by atoms with E-state index in [9.17, 15) is 19.5 Å². The number of ether oxygens (including phenoxy) is 3. The Hall–Kier alpha value is -2.55. The van der Waals surface area contributed by atoms with E-state index in [1.807, 2.05) is 0 Å². The molecule has 1 aromatic rings. The average molecular weight is 396 g/mol. The Balaban J connectivity index is 2.31. The van der Waals surface area contributed by atoms with Crippen LogP contribution in [-0.4, -0.2) is 59.2 Å². The first-order valence-corrected chi connectivity index (χ1v) is 9.06. The molecule has 28 heavy (non-hydrogen) atoms. The Kier molecular flexibility index (Phi) is 6.71. The Morgan fingerprint density at radius 2 is 2.00 bits per heavy atom. The zero-order valence-corrected chi connectivity index (χ0v) is 16.9. The number of hydrogen-bond donors (Lipinski definition) is 1. The molecule has 1 N–H and O–H groups in total. The summed E-state index contributed by atoms with van der Waals surface area (Å²) < 4.78 is 17.2. The summed E-state index contributed by atoms with van der Waals surface area (Å²) in [5, 5.41) is 9.77. The lowest BCUT2D eigenvalue weighted by molar-refractivity contribution is -0.144. The Bertz CT molecular complexity index is 781. The van der Waals surface area contributed by atoms with E-state index in [1.54, 1.807) is 27.8 Å². The van der Waals surface area contributed by atoms with E-state index < -0.39 is 29.5 Å². The van der Waals surface area contributed by atoms with Gasteiger partial charge < -0.3 is 28.8 Å². The minimum Gasteiger partial charge on any atom is -0.481 e. The smallest absolute Gasteiger partial charge is 0.410 e. The van der Waals surface area contributed by atoms with Crippen LogP contribution in [0.25, 0.3) is 0 Å². The van der Waals surface area contributed by atoms with Gasteiger partial charge in [0.15, 0.2) is 6.79 Å². The normalized spacial score (nSPS) is 20.0. The molecule has 1 aliphatic heterocycles. The molecule has 0 aliphatic carbocycles. The highest BCUT2D eigenvalue weighted by molar-refractivity contribution is 5.75. The zero-order valence-electron chi connectivity index (χ0n) is 16.9. The number of carbonyl (C=O) groups excluding carboxylic acids is 1. The first-order valence-electron chi connectivity index (χ1n) is 9.06. The molecule has 1 aliphatic rings. The Labute approximate surface area is 163 Å². The average Bonchev–Trinajstić information content (AvgIpc) is 2.60. The molecule has 2 atom stereocenters. The summed E-state index contributed by atoms with van der Waals surface area (Å²) in [6, 6.07) is 1.40. The van der Waals surface area contributed by atoms with Gasteiger partial charge >= 0.3 is 12.1 Å². The number of pyridine rings is 1. The number of aromatic nitrogens is 1. The zero-order chi connectivity index (χ0) is 21.1. The molecule has 0 unspecified atom stereocenters. The maximum Gasteiger partial charge on any atom is 0.410 e. The van der Waals surface area contributed by atoms with E-state index in [0.29, 0.717) is 24.3 Å². The van der Waals surface area contributed by atoms with E-state index in [4.69, 9.17) is 14.2 Å². The molecular weight excluding hydrogens is 368 g/mol. The van der Waals surface area contributed by atoms with Gasteiger partial charge in [0, 0.05) is 51.0 Å². The van der Waals surface area contributed by atoms with Gasteiger partial charge in [0.1, 0.15) is 11.4 Å². The fourth-order valence-electron chi connectivity index (χ4n) is 3.22. The Morgan fingerprint density at radius 1 is 1.32 bits per heavy atom. The second kappa shape index (κ2) is 8.64. The monoisotopic (exact) mass is 396 g/mol. The molecule has 0 saturated carbocycles. The highest BCUT2D eigenvalue weighted by Crippen LogP contribution is 2.37. The highest BCUT2D eigenvalue weighted by Gasteiger charge is 2.39. The Morgan fingerprint density at radius 3 is 2.57 bits per heavy atom. The minimum atomic E-state index is -1.04. The molecular formula is C19H28N2O7. The molecule has 1 amide bonds. The first kappa shape index (κ1) is 21.7. The van der Waals surface area contributed by atoms with Gasteiger partial charge in [-0.2, -0.15) is 0 Å². The molecule has 0 bridgehead atoms. The number of hydrogen-bond acceptors (Lipinski definition) is 6. The lowest BCUT2D eigenvalue weighted by Crippen LogP contribution is -2.47. The van der Waals surface area contributed by atoms with Crippen molar-refractivity contribution in [1.82, 2.24) is 9.47 Å². The molecule has 1 aromatic heterocycles. The topological polar surface area (TPSA) is 107 Å². The number of methoxy groups -OCH3 is 1. The van der Waals surface area contributed by atoms with Crippen molar-refractivity contribution < 1.29 is 28.9 Å². The van der Waals surface area contributed by atoms with Gasteiger partial charge in [0.2, 0.25) is 0 Å². The van der Waals surface area contributed by atoms with Crippen molar-refractivity contribution in [2.75, 3.05) is 27.0 Å². The highest BCUT2D eigenvalue weighted by atomic mass is 16.7. The van der Waals surface area contributed by atoms with Crippen LogP contribution >= 0.6 is 0 Å². The van der Waals surface area contributed by atoms with E-state index in [-0.39, 0.29) is 18.9 Å². The van der Waals surface area contributed by atoms with Crippen LogP contribution in [0.15, 0.2) is 17.1 Å². The third kappa shape index (κ3) is 5.25. The van der Waals surface area contributed by atoms with E-state index >= 15 is 0 Å². The third-order valence-corrected chi connectivity index (χ3v) is 4.54. The van der Waals surface area contributed by atoms with Crippen molar-refractivity contribution in [3.63, 3.8) is 0 Å². The molecule has 1 fully saturated rings. The number of aliphatic carboxylic acids is 1. The maximum atomic E-state index is 12.3. The number of likely N-dealkylation sites (tertiary alicyclic amines) is 1. The van der Waals surface area contributed by atoms with Crippen LogP contribution in [0.4, 0.5) is 4.79 Å². The second-order valence-corrected chi connectivity index (χ2v) is 7.86. The van der Waals surface area contributed by atoms with Gasteiger partial charge in [0.05, 0.1) is 5.92 Å². The van der Waals surface area contributed by atoms with Gasteiger partial charge in [-0.15, -0.1) is 0 Å². The number of carboxylic acid groups (broad SMARTS) is 1. The van der Waals surface area contributed by atoms with Crippen LogP contribution in [-0.2, 0) is 21.3 Å². The fraction of sp³-hybridized carbons (Fsp3) is 0.632. The summed E-state index contributed by atoms with van der Waals surface area (Å²) in [5.41, 5.74) is -0.422. The summed E-state index contributed by atoms with van der Waals surface area (Å²) in [7, 11) is 3.06. The number of piperidine rings is 1. The van der Waals surface area contributed by atoms with Crippen LogP contribution in [0.1, 0.15) is 38.7 Å². The predicted molar refractivity (Wildman–Crippen MR) is 100 cm³/mol. The second-order valence-electron chi connectivity index (χ2n) is 7.86. The first-order chi connectivity index (χ1) is 13.0. The number of carboxylic acids is 1. The van der Waals surface area contributed by atoms with Crippen LogP contribution in [0.3, 0.4) is 0 Å². The molecule has 2 heterocycles. The fourth-order valence-corrected chi connectivity index (χ4v) is 3.22. The summed E-state index contributed by atoms with van der Waals surface area (Å²) in [4.78, 5) is 37.8. The van der Waals surface area contributed by atoms with Crippen molar-refractivity contribution in [2.24, 2.45) is 13.0 Å². The van der Waals surface area contributed by atoms with Gasteiger partial charge in [-0.1, -0.05) is 0 Å². The summed E-state index contributed by atoms with van der Waals surface area (Å²) in [6.07, 6.45) is 1.35. The van der Waals surface area contributed by atoms with Crippen molar-refractivity contribution in [3.8, 4) is 5.75 Å². The number of nitrogens with zero attached hydrogens (tertiary/aromatic N) is 2. The largest absolute Gasteiger partial charge is 0.481 e. The number of amides is 1. The van der Waals surface area contributed by atoms with Gasteiger partial charge in [-0.25, -0.2) is 4.79 Å². The molecule has 0 aromatic carbocycles. The number of carbonyl (C=O) groups is 2.